The summed E-state index contributed by atoms with van der Waals surface area (Å²) in [6.45, 7) is 3.48. The topological polar surface area (TPSA) is 49.3 Å². The third kappa shape index (κ3) is 2.75. The maximum Gasteiger partial charge on any atom is 0.252 e. The van der Waals surface area contributed by atoms with E-state index in [0.717, 1.165) is 5.56 Å². The molecule has 0 aliphatic heterocycles. The summed E-state index contributed by atoms with van der Waals surface area (Å²) >= 11 is 0. The molecule has 1 amide bonds. The average molecular weight is 203 g/mol. The Morgan fingerprint density at radius 2 is 2.27 bits per heavy atom. The molecule has 0 aliphatic carbocycles. The normalized spacial score (nSPS) is 11.5. The molecule has 0 saturated carbocycles. The summed E-state index contributed by atoms with van der Waals surface area (Å²) in [5.41, 5.74) is 1.14. The van der Waals surface area contributed by atoms with Crippen LogP contribution in [0.4, 0.5) is 0 Å². The quantitative estimate of drug-likeness (QED) is 0.715. The van der Waals surface area contributed by atoms with Crippen molar-refractivity contribution in [1.82, 2.24) is 5.32 Å². The van der Waals surface area contributed by atoms with Gasteiger partial charge in [0.2, 0.25) is 0 Å². The SMILES string of the molecule is C#CC(C)NC(=O)c1ccc(C)c(O)c1. The van der Waals surface area contributed by atoms with Gasteiger partial charge in [-0.05, 0) is 31.5 Å². The molecule has 3 nitrogen and oxygen atoms in total. The number of phenolic OH excluding ortho intramolecular Hbond substituents is 1. The van der Waals surface area contributed by atoms with Gasteiger partial charge in [0.15, 0.2) is 0 Å². The summed E-state index contributed by atoms with van der Waals surface area (Å²) in [6, 6.07) is 4.44. The van der Waals surface area contributed by atoms with Crippen LogP contribution in [-0.2, 0) is 0 Å². The van der Waals surface area contributed by atoms with Crippen LogP contribution in [0.15, 0.2) is 18.2 Å². The van der Waals surface area contributed by atoms with Gasteiger partial charge in [-0.1, -0.05) is 12.0 Å². The summed E-state index contributed by atoms with van der Waals surface area (Å²) in [7, 11) is 0. The summed E-state index contributed by atoms with van der Waals surface area (Å²) in [4.78, 5) is 11.6. The smallest absolute Gasteiger partial charge is 0.252 e. The first kappa shape index (κ1) is 11.1. The number of nitrogens with one attached hydrogen (secondary N) is 1. The number of amides is 1. The van der Waals surface area contributed by atoms with Gasteiger partial charge in [-0.15, -0.1) is 6.42 Å². The van der Waals surface area contributed by atoms with Gasteiger partial charge in [0, 0.05) is 5.56 Å². The highest BCUT2D eigenvalue weighted by atomic mass is 16.3. The Labute approximate surface area is 89.1 Å². The van der Waals surface area contributed by atoms with Crippen molar-refractivity contribution in [2.45, 2.75) is 19.9 Å². The van der Waals surface area contributed by atoms with Gasteiger partial charge < -0.3 is 10.4 Å². The van der Waals surface area contributed by atoms with Gasteiger partial charge in [-0.3, -0.25) is 4.79 Å². The predicted molar refractivity (Wildman–Crippen MR) is 58.6 cm³/mol. The number of hydrogen-bond acceptors (Lipinski definition) is 2. The van der Waals surface area contributed by atoms with Crippen molar-refractivity contribution in [3.63, 3.8) is 0 Å². The van der Waals surface area contributed by atoms with Crippen molar-refractivity contribution < 1.29 is 9.90 Å². The number of hydrogen-bond donors (Lipinski definition) is 2. The van der Waals surface area contributed by atoms with E-state index >= 15 is 0 Å². The fraction of sp³-hybridized carbons (Fsp3) is 0.250. The maximum absolute atomic E-state index is 11.6. The minimum Gasteiger partial charge on any atom is -0.508 e. The molecule has 0 spiro atoms. The molecule has 1 atom stereocenters. The number of carbonyl (C=O) groups excluding carboxylic acids is 1. The molecule has 0 saturated heterocycles. The zero-order valence-corrected chi connectivity index (χ0v) is 8.74. The highest BCUT2D eigenvalue weighted by Gasteiger charge is 2.09. The van der Waals surface area contributed by atoms with E-state index in [4.69, 9.17) is 6.42 Å². The number of aryl methyl sites for hydroxylation is 1. The Bertz CT molecular complexity index is 418. The molecule has 0 fully saturated rings. The van der Waals surface area contributed by atoms with Gasteiger partial charge in [0.25, 0.3) is 5.91 Å². The summed E-state index contributed by atoms with van der Waals surface area (Å²) in [5.74, 6) is 2.22. The molecule has 0 aliphatic rings. The average Bonchev–Trinajstić information content (AvgIpc) is 2.21. The van der Waals surface area contributed by atoms with E-state index in [2.05, 4.69) is 11.2 Å². The fourth-order valence-corrected chi connectivity index (χ4v) is 1.07. The second-order valence-corrected chi connectivity index (χ2v) is 3.36. The number of terminal acetylenes is 1. The molecule has 1 aromatic rings. The van der Waals surface area contributed by atoms with Crippen LogP contribution in [0.3, 0.4) is 0 Å². The molecule has 0 bridgehead atoms. The van der Waals surface area contributed by atoms with Crippen LogP contribution < -0.4 is 5.32 Å². The van der Waals surface area contributed by atoms with Gasteiger partial charge in [-0.2, -0.15) is 0 Å². The molecule has 0 aromatic heterocycles. The molecule has 3 heteroatoms. The third-order valence-electron chi connectivity index (χ3n) is 2.07. The van der Waals surface area contributed by atoms with Gasteiger partial charge in [0.1, 0.15) is 5.75 Å². The second kappa shape index (κ2) is 4.52. The van der Waals surface area contributed by atoms with Crippen LogP contribution in [0.2, 0.25) is 0 Å². The number of aromatic hydroxyl groups is 1. The Hall–Kier alpha value is -1.95. The van der Waals surface area contributed by atoms with Crippen molar-refractivity contribution in [1.29, 1.82) is 0 Å². The van der Waals surface area contributed by atoms with Crippen molar-refractivity contribution >= 4 is 5.91 Å². The molecule has 1 aromatic carbocycles. The van der Waals surface area contributed by atoms with Crippen LogP contribution >= 0.6 is 0 Å². The number of rotatable bonds is 2. The van der Waals surface area contributed by atoms with E-state index in [1.807, 2.05) is 0 Å². The van der Waals surface area contributed by atoms with Crippen LogP contribution in [0, 0.1) is 19.3 Å². The highest BCUT2D eigenvalue weighted by molar-refractivity contribution is 5.95. The molecular weight excluding hydrogens is 190 g/mol. The Morgan fingerprint density at radius 3 is 2.80 bits per heavy atom. The first-order chi connectivity index (χ1) is 7.04. The lowest BCUT2D eigenvalue weighted by Crippen LogP contribution is -2.31. The molecular formula is C12H13NO2. The van der Waals surface area contributed by atoms with E-state index in [1.54, 1.807) is 26.0 Å². The molecule has 15 heavy (non-hydrogen) atoms. The van der Waals surface area contributed by atoms with E-state index in [0.29, 0.717) is 5.56 Å². The summed E-state index contributed by atoms with van der Waals surface area (Å²) < 4.78 is 0. The molecule has 1 unspecified atom stereocenters. The van der Waals surface area contributed by atoms with Crippen LogP contribution in [-0.4, -0.2) is 17.1 Å². The fourth-order valence-electron chi connectivity index (χ4n) is 1.07. The zero-order chi connectivity index (χ0) is 11.4. The molecule has 0 heterocycles. The number of carbonyl (C=O) groups is 1. The monoisotopic (exact) mass is 203 g/mol. The Morgan fingerprint density at radius 1 is 1.60 bits per heavy atom. The van der Waals surface area contributed by atoms with Crippen LogP contribution in [0.1, 0.15) is 22.8 Å². The first-order valence-electron chi connectivity index (χ1n) is 4.61. The second-order valence-electron chi connectivity index (χ2n) is 3.36. The summed E-state index contributed by atoms with van der Waals surface area (Å²) in [6.07, 6.45) is 5.14. The first-order valence-corrected chi connectivity index (χ1v) is 4.61. The zero-order valence-electron chi connectivity index (χ0n) is 8.74. The highest BCUT2D eigenvalue weighted by Crippen LogP contribution is 2.17. The van der Waals surface area contributed by atoms with Crippen LogP contribution in [0.25, 0.3) is 0 Å². The minimum absolute atomic E-state index is 0.107. The number of benzene rings is 1. The third-order valence-corrected chi connectivity index (χ3v) is 2.07. The molecule has 0 radical (unpaired) electrons. The van der Waals surface area contributed by atoms with Crippen molar-refractivity contribution in [3.8, 4) is 18.1 Å². The maximum atomic E-state index is 11.6. The van der Waals surface area contributed by atoms with Gasteiger partial charge in [0.05, 0.1) is 6.04 Å². The van der Waals surface area contributed by atoms with E-state index < -0.39 is 0 Å². The van der Waals surface area contributed by atoms with Gasteiger partial charge >= 0.3 is 0 Å². The molecule has 78 valence electrons. The standard InChI is InChI=1S/C12H13NO2/c1-4-9(3)13-12(15)10-6-5-8(2)11(14)7-10/h1,5-7,9,14H,2-3H3,(H,13,15). The van der Waals surface area contributed by atoms with Crippen molar-refractivity contribution in [2.75, 3.05) is 0 Å². The van der Waals surface area contributed by atoms with Crippen molar-refractivity contribution in [2.24, 2.45) is 0 Å². The lowest BCUT2D eigenvalue weighted by molar-refractivity contribution is 0.0948. The van der Waals surface area contributed by atoms with E-state index in [-0.39, 0.29) is 17.7 Å². The van der Waals surface area contributed by atoms with Gasteiger partial charge in [-0.25, -0.2) is 0 Å². The molecule has 2 N–H and O–H groups in total. The van der Waals surface area contributed by atoms with Crippen LogP contribution in [0.5, 0.6) is 5.75 Å². The van der Waals surface area contributed by atoms with E-state index in [9.17, 15) is 9.90 Å². The predicted octanol–water partition coefficient (Wildman–Crippen LogP) is 1.45. The largest absolute Gasteiger partial charge is 0.508 e. The van der Waals surface area contributed by atoms with Crippen molar-refractivity contribution in [3.05, 3.63) is 29.3 Å². The number of phenols is 1. The summed E-state index contributed by atoms with van der Waals surface area (Å²) in [5, 5.41) is 12.0. The lowest BCUT2D eigenvalue weighted by atomic mass is 10.1. The Balaban J connectivity index is 2.84. The van der Waals surface area contributed by atoms with E-state index in [1.165, 1.54) is 6.07 Å². The minimum atomic E-state index is -0.319. The molecule has 1 rings (SSSR count). The Kier molecular flexibility index (Phi) is 3.35. The lowest BCUT2D eigenvalue weighted by Gasteiger charge is -2.08.